The highest BCUT2D eigenvalue weighted by Crippen LogP contribution is 2.23. The highest BCUT2D eigenvalue weighted by Gasteiger charge is 2.15. The molecule has 0 fully saturated rings. The molecule has 0 spiro atoms. The number of carbonyl (C=O) groups is 1. The van der Waals surface area contributed by atoms with E-state index in [2.05, 4.69) is 5.16 Å². The van der Waals surface area contributed by atoms with Gasteiger partial charge in [-0.05, 0) is 34.9 Å². The van der Waals surface area contributed by atoms with E-state index >= 15 is 0 Å². The van der Waals surface area contributed by atoms with Gasteiger partial charge in [0.25, 0.3) is 0 Å². The van der Waals surface area contributed by atoms with Gasteiger partial charge in [-0.25, -0.2) is 4.79 Å². The van der Waals surface area contributed by atoms with E-state index < -0.39 is 5.97 Å². The van der Waals surface area contributed by atoms with Crippen LogP contribution in [0, 0.1) is 0 Å². The molecule has 5 heteroatoms. The van der Waals surface area contributed by atoms with Gasteiger partial charge in [-0.2, -0.15) is 0 Å². The SMILES string of the molecule is O=C(OCc1ccccc1)c1cc(/C=N\O)ccc1OCc1ccccc1. The van der Waals surface area contributed by atoms with E-state index in [-0.39, 0.29) is 12.2 Å². The lowest BCUT2D eigenvalue weighted by Crippen LogP contribution is -2.09. The normalized spacial score (nSPS) is 10.7. The van der Waals surface area contributed by atoms with Crippen molar-refractivity contribution >= 4 is 12.2 Å². The average Bonchev–Trinajstić information content (AvgIpc) is 2.73. The first-order valence-electron chi connectivity index (χ1n) is 8.45. The Morgan fingerprint density at radius 1 is 0.889 bits per heavy atom. The molecule has 0 amide bonds. The molecular weight excluding hydrogens is 342 g/mol. The summed E-state index contributed by atoms with van der Waals surface area (Å²) in [4.78, 5) is 12.6. The van der Waals surface area contributed by atoms with Crippen molar-refractivity contribution in [3.8, 4) is 5.75 Å². The van der Waals surface area contributed by atoms with Crippen LogP contribution in [-0.4, -0.2) is 17.4 Å². The van der Waals surface area contributed by atoms with Crippen molar-refractivity contribution in [1.29, 1.82) is 0 Å². The summed E-state index contributed by atoms with van der Waals surface area (Å²) in [6.45, 7) is 0.489. The maximum absolute atomic E-state index is 12.6. The summed E-state index contributed by atoms with van der Waals surface area (Å²) < 4.78 is 11.2. The van der Waals surface area contributed by atoms with Gasteiger partial charge in [0.1, 0.15) is 24.5 Å². The van der Waals surface area contributed by atoms with Gasteiger partial charge in [-0.15, -0.1) is 0 Å². The number of hydrogen-bond acceptors (Lipinski definition) is 5. The van der Waals surface area contributed by atoms with E-state index in [1.165, 1.54) is 6.21 Å². The Labute approximate surface area is 157 Å². The summed E-state index contributed by atoms with van der Waals surface area (Å²) in [7, 11) is 0. The second kappa shape index (κ2) is 9.20. The fourth-order valence-corrected chi connectivity index (χ4v) is 2.52. The molecule has 3 aromatic carbocycles. The van der Waals surface area contributed by atoms with Crippen LogP contribution in [0.4, 0.5) is 0 Å². The Morgan fingerprint density at radius 2 is 1.52 bits per heavy atom. The number of oxime groups is 1. The van der Waals surface area contributed by atoms with Gasteiger partial charge in [0.2, 0.25) is 0 Å². The fourth-order valence-electron chi connectivity index (χ4n) is 2.52. The minimum Gasteiger partial charge on any atom is -0.488 e. The molecule has 0 bridgehead atoms. The highest BCUT2D eigenvalue weighted by atomic mass is 16.5. The number of rotatable bonds is 7. The second-order valence-corrected chi connectivity index (χ2v) is 5.84. The Kier molecular flexibility index (Phi) is 6.20. The molecule has 0 unspecified atom stereocenters. The first kappa shape index (κ1) is 18.2. The molecule has 27 heavy (non-hydrogen) atoms. The summed E-state index contributed by atoms with van der Waals surface area (Å²) >= 11 is 0. The van der Waals surface area contributed by atoms with E-state index in [4.69, 9.17) is 14.7 Å². The molecule has 1 N–H and O–H groups in total. The smallest absolute Gasteiger partial charge is 0.342 e. The van der Waals surface area contributed by atoms with E-state index in [1.807, 2.05) is 60.7 Å². The van der Waals surface area contributed by atoms with Gasteiger partial charge in [0.05, 0.1) is 6.21 Å². The van der Waals surface area contributed by atoms with Gasteiger partial charge >= 0.3 is 5.97 Å². The number of nitrogens with zero attached hydrogens (tertiary/aromatic N) is 1. The predicted molar refractivity (Wildman–Crippen MR) is 102 cm³/mol. The highest BCUT2D eigenvalue weighted by molar-refractivity contribution is 5.95. The minimum atomic E-state index is -0.505. The first-order valence-corrected chi connectivity index (χ1v) is 8.45. The van der Waals surface area contributed by atoms with Crippen molar-refractivity contribution in [3.63, 3.8) is 0 Å². The Balaban J connectivity index is 1.77. The van der Waals surface area contributed by atoms with Gasteiger partial charge in [-0.3, -0.25) is 0 Å². The fraction of sp³-hybridized carbons (Fsp3) is 0.0909. The lowest BCUT2D eigenvalue weighted by atomic mass is 10.1. The van der Waals surface area contributed by atoms with Gasteiger partial charge in [-0.1, -0.05) is 65.8 Å². The maximum atomic E-state index is 12.6. The monoisotopic (exact) mass is 361 g/mol. The molecular formula is C22H19NO4. The lowest BCUT2D eigenvalue weighted by molar-refractivity contribution is 0.0467. The molecule has 0 aliphatic carbocycles. The van der Waals surface area contributed by atoms with E-state index in [1.54, 1.807) is 18.2 Å². The van der Waals surface area contributed by atoms with Crippen molar-refractivity contribution in [2.75, 3.05) is 0 Å². The third-order valence-corrected chi connectivity index (χ3v) is 3.88. The van der Waals surface area contributed by atoms with E-state index in [0.29, 0.717) is 17.9 Å². The van der Waals surface area contributed by atoms with Crippen LogP contribution in [0.5, 0.6) is 5.75 Å². The molecule has 0 saturated heterocycles. The maximum Gasteiger partial charge on any atom is 0.342 e. The average molecular weight is 361 g/mol. The van der Waals surface area contributed by atoms with Crippen LogP contribution in [0.2, 0.25) is 0 Å². The topological polar surface area (TPSA) is 68.1 Å². The Morgan fingerprint density at radius 3 is 2.15 bits per heavy atom. The number of benzene rings is 3. The van der Waals surface area contributed by atoms with Crippen LogP contribution < -0.4 is 4.74 Å². The minimum absolute atomic E-state index is 0.163. The Bertz CT molecular complexity index is 908. The zero-order valence-electron chi connectivity index (χ0n) is 14.6. The van der Waals surface area contributed by atoms with Crippen LogP contribution in [0.1, 0.15) is 27.0 Å². The number of ether oxygens (including phenoxy) is 2. The third-order valence-electron chi connectivity index (χ3n) is 3.88. The molecule has 0 atom stereocenters. The van der Waals surface area contributed by atoms with E-state index in [9.17, 15) is 4.79 Å². The largest absolute Gasteiger partial charge is 0.488 e. The van der Waals surface area contributed by atoms with Crippen molar-refractivity contribution < 1.29 is 19.5 Å². The molecule has 3 rings (SSSR count). The molecule has 0 radical (unpaired) electrons. The summed E-state index contributed by atoms with van der Waals surface area (Å²) in [5.74, 6) is -0.0953. The zero-order chi connectivity index (χ0) is 18.9. The van der Waals surface area contributed by atoms with Gasteiger partial charge < -0.3 is 14.7 Å². The number of esters is 1. The molecule has 0 aromatic heterocycles. The Hall–Kier alpha value is -3.60. The number of hydrogen-bond donors (Lipinski definition) is 1. The van der Waals surface area contributed by atoms with Crippen LogP contribution in [0.25, 0.3) is 0 Å². The molecule has 5 nitrogen and oxygen atoms in total. The molecule has 136 valence electrons. The van der Waals surface area contributed by atoms with Crippen LogP contribution in [0.15, 0.2) is 84.0 Å². The molecule has 0 saturated carbocycles. The summed E-state index contributed by atoms with van der Waals surface area (Å²) in [5, 5.41) is 11.7. The zero-order valence-corrected chi connectivity index (χ0v) is 14.6. The van der Waals surface area contributed by atoms with Gasteiger partial charge in [0.15, 0.2) is 0 Å². The lowest BCUT2D eigenvalue weighted by Gasteiger charge is -2.12. The van der Waals surface area contributed by atoms with Crippen molar-refractivity contribution in [2.24, 2.45) is 5.16 Å². The standard InChI is InChI=1S/C22H19NO4/c24-22(27-16-18-9-5-2-6-10-18)20-13-19(14-23-25)11-12-21(20)26-15-17-7-3-1-4-8-17/h1-14,25H,15-16H2/b23-14-. The second-order valence-electron chi connectivity index (χ2n) is 5.84. The quantitative estimate of drug-likeness (QED) is 0.293. The molecule has 0 heterocycles. The van der Waals surface area contributed by atoms with Crippen molar-refractivity contribution in [3.05, 3.63) is 101 Å². The summed E-state index contributed by atoms with van der Waals surface area (Å²) in [6, 6.07) is 24.1. The molecule has 0 aliphatic rings. The van der Waals surface area contributed by atoms with Crippen molar-refractivity contribution in [1.82, 2.24) is 0 Å². The van der Waals surface area contributed by atoms with E-state index in [0.717, 1.165) is 11.1 Å². The summed E-state index contributed by atoms with van der Waals surface area (Å²) in [6.07, 6.45) is 1.24. The third kappa shape index (κ3) is 5.19. The van der Waals surface area contributed by atoms with Gasteiger partial charge in [0, 0.05) is 0 Å². The summed E-state index contributed by atoms with van der Waals surface area (Å²) in [5.41, 5.74) is 2.73. The van der Waals surface area contributed by atoms with Crippen LogP contribution in [-0.2, 0) is 18.0 Å². The predicted octanol–water partition coefficient (Wildman–Crippen LogP) is 4.43. The van der Waals surface area contributed by atoms with Crippen molar-refractivity contribution in [2.45, 2.75) is 13.2 Å². The number of carbonyl (C=O) groups excluding carboxylic acids is 1. The molecule has 0 aliphatic heterocycles. The molecule has 3 aromatic rings. The first-order chi connectivity index (χ1) is 13.3. The van der Waals surface area contributed by atoms with Crippen LogP contribution >= 0.6 is 0 Å². The van der Waals surface area contributed by atoms with Crippen LogP contribution in [0.3, 0.4) is 0 Å².